The lowest BCUT2D eigenvalue weighted by atomic mass is 10.1. The fourth-order valence-electron chi connectivity index (χ4n) is 1.99. The minimum Gasteiger partial charge on any atom is -0.370 e. The first-order chi connectivity index (χ1) is 12.4. The van der Waals surface area contributed by atoms with E-state index in [1.54, 1.807) is 12.1 Å². The molecule has 0 aromatic heterocycles. The van der Waals surface area contributed by atoms with Crippen LogP contribution < -0.4 is 10.6 Å². The number of halogens is 6. The summed E-state index contributed by atoms with van der Waals surface area (Å²) in [5.74, 6) is -0.00939. The van der Waals surface area contributed by atoms with E-state index >= 15 is 0 Å². The molecule has 0 heterocycles. The van der Waals surface area contributed by atoms with E-state index in [2.05, 4.69) is 10.6 Å². The van der Waals surface area contributed by atoms with Gasteiger partial charge in [0, 0.05) is 12.2 Å². The molecule has 0 aliphatic carbocycles. The summed E-state index contributed by atoms with van der Waals surface area (Å²) in [6, 6.07) is 4.05. The Morgan fingerprint density at radius 3 is 1.81 bits per heavy atom. The molecule has 0 unspecified atom stereocenters. The molecule has 0 aliphatic heterocycles. The smallest absolute Gasteiger partial charge is 0.370 e. The third-order valence-corrected chi connectivity index (χ3v) is 3.35. The van der Waals surface area contributed by atoms with Crippen molar-refractivity contribution < 1.29 is 26.3 Å². The van der Waals surface area contributed by atoms with Gasteiger partial charge in [0.25, 0.3) is 0 Å². The number of hydrogen-bond acceptors (Lipinski definition) is 4. The number of rotatable bonds is 6. The summed E-state index contributed by atoms with van der Waals surface area (Å²) in [5.41, 5.74) is -4.05. The molecule has 0 bridgehead atoms. The number of benzene rings is 1. The van der Waals surface area contributed by atoms with Gasteiger partial charge in [0.15, 0.2) is 5.57 Å². The molecule has 1 aromatic rings. The quantitative estimate of drug-likeness (QED) is 0.528. The molecule has 0 amide bonds. The highest BCUT2D eigenvalue weighted by Crippen LogP contribution is 2.37. The van der Waals surface area contributed by atoms with Crippen LogP contribution in [-0.4, -0.2) is 6.54 Å². The molecule has 0 spiro atoms. The second-order valence-corrected chi connectivity index (χ2v) is 6.00. The number of anilines is 1. The van der Waals surface area contributed by atoms with Gasteiger partial charge in [0.05, 0.1) is 11.1 Å². The van der Waals surface area contributed by atoms with E-state index in [0.717, 1.165) is 0 Å². The molecular formula is C17H16F6N4. The number of hydrogen-bond donors (Lipinski definition) is 2. The maximum absolute atomic E-state index is 12.9. The van der Waals surface area contributed by atoms with Crippen LogP contribution in [-0.2, 0) is 12.4 Å². The Bertz CT molecular complexity index is 730. The van der Waals surface area contributed by atoms with E-state index in [-0.39, 0.29) is 24.4 Å². The van der Waals surface area contributed by atoms with Gasteiger partial charge in [-0.3, -0.25) is 0 Å². The van der Waals surface area contributed by atoms with Crippen molar-refractivity contribution in [3.63, 3.8) is 0 Å². The van der Waals surface area contributed by atoms with E-state index in [1.165, 1.54) is 0 Å². The van der Waals surface area contributed by atoms with Crippen molar-refractivity contribution in [2.45, 2.75) is 32.6 Å². The SMILES string of the molecule is CC(C)CCNC(Nc1cc(C(F)(F)F)cc(C(F)(F)F)c1)=C(C#N)C#N. The maximum atomic E-state index is 12.9. The summed E-state index contributed by atoms with van der Waals surface area (Å²) in [6.07, 6.45) is -9.40. The Morgan fingerprint density at radius 1 is 0.963 bits per heavy atom. The fraction of sp³-hybridized carbons (Fsp3) is 0.412. The van der Waals surface area contributed by atoms with E-state index < -0.39 is 34.7 Å². The van der Waals surface area contributed by atoms with Gasteiger partial charge in [0.1, 0.15) is 18.0 Å². The largest absolute Gasteiger partial charge is 0.416 e. The van der Waals surface area contributed by atoms with Gasteiger partial charge >= 0.3 is 12.4 Å². The summed E-state index contributed by atoms with van der Waals surface area (Å²) in [5, 5.41) is 22.9. The van der Waals surface area contributed by atoms with Crippen molar-refractivity contribution in [3.05, 3.63) is 40.7 Å². The van der Waals surface area contributed by atoms with Crippen LogP contribution in [0.1, 0.15) is 31.4 Å². The zero-order chi connectivity index (χ0) is 20.8. The summed E-state index contributed by atoms with van der Waals surface area (Å²) < 4.78 is 77.6. The Kier molecular flexibility index (Phi) is 7.12. The van der Waals surface area contributed by atoms with Crippen LogP contribution in [0.4, 0.5) is 32.0 Å². The molecular weight excluding hydrogens is 374 g/mol. The predicted molar refractivity (Wildman–Crippen MR) is 85.8 cm³/mol. The Morgan fingerprint density at radius 2 is 1.44 bits per heavy atom. The lowest BCUT2D eigenvalue weighted by Crippen LogP contribution is -2.24. The number of nitrogens with one attached hydrogen (secondary N) is 2. The van der Waals surface area contributed by atoms with E-state index in [4.69, 9.17) is 10.5 Å². The Balaban J connectivity index is 3.34. The van der Waals surface area contributed by atoms with Crippen molar-refractivity contribution in [2.24, 2.45) is 5.92 Å². The molecule has 0 aliphatic rings. The Hall–Kier alpha value is -2.88. The number of nitrogens with zero attached hydrogens (tertiary/aromatic N) is 2. The summed E-state index contributed by atoms with van der Waals surface area (Å²) >= 11 is 0. The van der Waals surface area contributed by atoms with E-state index in [0.29, 0.717) is 18.6 Å². The molecule has 146 valence electrons. The molecule has 0 atom stereocenters. The molecule has 0 saturated carbocycles. The molecule has 0 saturated heterocycles. The van der Waals surface area contributed by atoms with E-state index in [1.807, 2.05) is 13.8 Å². The van der Waals surface area contributed by atoms with Crippen molar-refractivity contribution in [2.75, 3.05) is 11.9 Å². The van der Waals surface area contributed by atoms with Gasteiger partial charge in [0.2, 0.25) is 0 Å². The molecule has 0 fully saturated rings. The molecule has 0 radical (unpaired) electrons. The molecule has 27 heavy (non-hydrogen) atoms. The highest BCUT2D eigenvalue weighted by atomic mass is 19.4. The first kappa shape index (κ1) is 22.2. The van der Waals surface area contributed by atoms with Crippen LogP contribution in [0.15, 0.2) is 29.6 Å². The van der Waals surface area contributed by atoms with Gasteiger partial charge < -0.3 is 10.6 Å². The predicted octanol–water partition coefficient (Wildman–Crippen LogP) is 5.03. The van der Waals surface area contributed by atoms with Gasteiger partial charge in [-0.25, -0.2) is 0 Å². The lowest BCUT2D eigenvalue weighted by molar-refractivity contribution is -0.143. The first-order valence-electron chi connectivity index (χ1n) is 7.73. The van der Waals surface area contributed by atoms with Gasteiger partial charge in [-0.05, 0) is 30.5 Å². The monoisotopic (exact) mass is 390 g/mol. The Labute approximate surface area is 152 Å². The molecule has 1 aromatic carbocycles. The number of allylic oxidation sites excluding steroid dienone is 1. The third kappa shape index (κ3) is 6.74. The van der Waals surface area contributed by atoms with Crippen LogP contribution >= 0.6 is 0 Å². The van der Waals surface area contributed by atoms with Crippen LogP contribution in [0.25, 0.3) is 0 Å². The van der Waals surface area contributed by atoms with Crippen molar-refractivity contribution in [1.29, 1.82) is 10.5 Å². The molecule has 1 rings (SSSR count). The van der Waals surface area contributed by atoms with Crippen molar-refractivity contribution in [3.8, 4) is 12.1 Å². The average molecular weight is 390 g/mol. The fourth-order valence-corrected chi connectivity index (χ4v) is 1.99. The van der Waals surface area contributed by atoms with Crippen LogP contribution in [0.5, 0.6) is 0 Å². The lowest BCUT2D eigenvalue weighted by Gasteiger charge is -2.18. The minimum absolute atomic E-state index is 0.00371. The highest BCUT2D eigenvalue weighted by Gasteiger charge is 2.37. The maximum Gasteiger partial charge on any atom is 0.416 e. The summed E-state index contributed by atoms with van der Waals surface area (Å²) in [7, 11) is 0. The minimum atomic E-state index is -5.00. The number of nitriles is 2. The van der Waals surface area contributed by atoms with Crippen molar-refractivity contribution >= 4 is 5.69 Å². The van der Waals surface area contributed by atoms with Crippen LogP contribution in [0.3, 0.4) is 0 Å². The summed E-state index contributed by atoms with van der Waals surface area (Å²) in [6.45, 7) is 4.06. The zero-order valence-corrected chi connectivity index (χ0v) is 14.4. The van der Waals surface area contributed by atoms with E-state index in [9.17, 15) is 26.3 Å². The number of alkyl halides is 6. The highest BCUT2D eigenvalue weighted by molar-refractivity contribution is 5.56. The first-order valence-corrected chi connectivity index (χ1v) is 7.73. The van der Waals surface area contributed by atoms with Crippen LogP contribution in [0, 0.1) is 28.6 Å². The third-order valence-electron chi connectivity index (χ3n) is 3.35. The molecule has 10 heteroatoms. The second-order valence-electron chi connectivity index (χ2n) is 6.00. The average Bonchev–Trinajstić information content (AvgIpc) is 2.53. The topological polar surface area (TPSA) is 71.6 Å². The molecule has 2 N–H and O–H groups in total. The molecule has 4 nitrogen and oxygen atoms in total. The van der Waals surface area contributed by atoms with Crippen LogP contribution in [0.2, 0.25) is 0 Å². The van der Waals surface area contributed by atoms with Gasteiger partial charge in [-0.1, -0.05) is 13.8 Å². The van der Waals surface area contributed by atoms with Gasteiger partial charge in [-0.15, -0.1) is 0 Å². The second kappa shape index (κ2) is 8.67. The summed E-state index contributed by atoms with van der Waals surface area (Å²) in [4.78, 5) is 0. The zero-order valence-electron chi connectivity index (χ0n) is 14.4. The normalized spacial score (nSPS) is 11.5. The van der Waals surface area contributed by atoms with Crippen molar-refractivity contribution in [1.82, 2.24) is 5.32 Å². The van der Waals surface area contributed by atoms with Gasteiger partial charge in [-0.2, -0.15) is 36.9 Å². The standard InChI is InChI=1S/C17H16F6N4/c1-10(2)3-4-26-15(11(8-24)9-25)27-14-6-12(16(18,19)20)5-13(7-14)17(21,22)23/h5-7,10,26-27H,3-4H2,1-2H3.